The Labute approximate surface area is 242 Å². The van der Waals surface area contributed by atoms with Crippen LogP contribution in [0.1, 0.15) is 0 Å². The van der Waals surface area contributed by atoms with Crippen molar-refractivity contribution in [2.24, 2.45) is 5.73 Å². The highest BCUT2D eigenvalue weighted by atomic mass is 19.1. The van der Waals surface area contributed by atoms with Crippen LogP contribution >= 0.6 is 0 Å². The topological polar surface area (TPSA) is 115 Å². The maximum atomic E-state index is 14.7. The van der Waals surface area contributed by atoms with Gasteiger partial charge in [0.05, 0.1) is 29.3 Å². The number of likely N-dealkylation sites (N-methyl/N-ethyl adjacent to an activating group) is 1. The van der Waals surface area contributed by atoms with E-state index in [1.165, 1.54) is 6.07 Å². The van der Waals surface area contributed by atoms with E-state index in [1.54, 1.807) is 18.5 Å². The molecule has 0 radical (unpaired) electrons. The first-order valence-corrected chi connectivity index (χ1v) is 14.0. The first-order chi connectivity index (χ1) is 20.4. The Morgan fingerprint density at radius 3 is 2.71 bits per heavy atom. The van der Waals surface area contributed by atoms with Gasteiger partial charge in [0.15, 0.2) is 0 Å². The SMILES string of the molecule is CN(C)CCNc1cc(F)cc(-c2cccc3[nH]c(-c4n[nH]c5ccc(-c6cncc(N7CC(N)C7)n6)cc45)cc23)c1. The van der Waals surface area contributed by atoms with E-state index in [9.17, 15) is 4.39 Å². The fourth-order valence-electron chi connectivity index (χ4n) is 5.53. The van der Waals surface area contributed by atoms with Crippen LogP contribution in [0.2, 0.25) is 0 Å². The summed E-state index contributed by atoms with van der Waals surface area (Å²) < 4.78 is 14.7. The Bertz CT molecular complexity index is 1900. The van der Waals surface area contributed by atoms with Gasteiger partial charge in [-0.25, -0.2) is 9.37 Å². The zero-order valence-corrected chi connectivity index (χ0v) is 23.5. The largest absolute Gasteiger partial charge is 0.384 e. The van der Waals surface area contributed by atoms with Crippen LogP contribution in [0.25, 0.3) is 55.6 Å². The molecular formula is C32H32FN9. The minimum absolute atomic E-state index is 0.185. The minimum Gasteiger partial charge on any atom is -0.384 e. The van der Waals surface area contributed by atoms with Gasteiger partial charge in [0.2, 0.25) is 0 Å². The summed E-state index contributed by atoms with van der Waals surface area (Å²) in [6, 6.07) is 19.6. The maximum absolute atomic E-state index is 14.7. The summed E-state index contributed by atoms with van der Waals surface area (Å²) in [5.74, 6) is 0.556. The molecule has 0 spiro atoms. The molecule has 1 fully saturated rings. The Balaban J connectivity index is 1.24. The van der Waals surface area contributed by atoms with Crippen molar-refractivity contribution in [1.82, 2.24) is 30.0 Å². The van der Waals surface area contributed by atoms with Gasteiger partial charge in [-0.3, -0.25) is 10.1 Å². The van der Waals surface area contributed by atoms with E-state index < -0.39 is 0 Å². The monoisotopic (exact) mass is 561 g/mol. The van der Waals surface area contributed by atoms with Gasteiger partial charge in [-0.15, -0.1) is 0 Å². The number of benzene rings is 3. The second-order valence-corrected chi connectivity index (χ2v) is 11.2. The summed E-state index contributed by atoms with van der Waals surface area (Å²) in [6.07, 6.45) is 3.56. The predicted molar refractivity (Wildman–Crippen MR) is 167 cm³/mol. The van der Waals surface area contributed by atoms with Gasteiger partial charge in [-0.05, 0) is 67.7 Å². The number of rotatable bonds is 8. The molecule has 9 nitrogen and oxygen atoms in total. The highest BCUT2D eigenvalue weighted by Crippen LogP contribution is 2.36. The molecule has 0 aliphatic carbocycles. The van der Waals surface area contributed by atoms with Gasteiger partial charge in [0, 0.05) is 59.8 Å². The molecule has 3 aromatic heterocycles. The second-order valence-electron chi connectivity index (χ2n) is 11.2. The zero-order valence-electron chi connectivity index (χ0n) is 23.5. The van der Waals surface area contributed by atoms with Crippen molar-refractivity contribution in [2.75, 3.05) is 50.5 Å². The number of anilines is 2. The van der Waals surface area contributed by atoms with Crippen molar-refractivity contribution in [3.05, 3.63) is 78.9 Å². The lowest BCUT2D eigenvalue weighted by molar-refractivity contribution is 0.425. The minimum atomic E-state index is -0.275. The lowest BCUT2D eigenvalue weighted by Crippen LogP contribution is -2.56. The highest BCUT2D eigenvalue weighted by molar-refractivity contribution is 6.02. The van der Waals surface area contributed by atoms with Gasteiger partial charge < -0.3 is 25.8 Å². The molecular weight excluding hydrogens is 529 g/mol. The number of aromatic nitrogens is 5. The normalized spacial score (nSPS) is 13.8. The summed E-state index contributed by atoms with van der Waals surface area (Å²) >= 11 is 0. The second kappa shape index (κ2) is 10.6. The highest BCUT2D eigenvalue weighted by Gasteiger charge is 2.24. The molecule has 1 aliphatic heterocycles. The number of hydrogen-bond donors (Lipinski definition) is 4. The molecule has 4 heterocycles. The lowest BCUT2D eigenvalue weighted by Gasteiger charge is -2.37. The lowest BCUT2D eigenvalue weighted by atomic mass is 10.0. The number of H-pyrrole nitrogens is 2. The maximum Gasteiger partial charge on any atom is 0.147 e. The van der Waals surface area contributed by atoms with Crippen molar-refractivity contribution < 1.29 is 4.39 Å². The van der Waals surface area contributed by atoms with Crippen molar-refractivity contribution >= 4 is 33.3 Å². The number of nitrogens with one attached hydrogen (secondary N) is 3. The molecule has 212 valence electrons. The molecule has 42 heavy (non-hydrogen) atoms. The van der Waals surface area contributed by atoms with Crippen LogP contribution in [0.5, 0.6) is 0 Å². The summed E-state index contributed by atoms with van der Waals surface area (Å²) in [5.41, 5.74) is 13.8. The van der Waals surface area contributed by atoms with Crippen LogP contribution < -0.4 is 16.0 Å². The van der Waals surface area contributed by atoms with E-state index in [0.717, 1.165) is 93.3 Å². The number of hydrogen-bond acceptors (Lipinski definition) is 7. The molecule has 0 saturated carbocycles. The molecule has 3 aromatic carbocycles. The Morgan fingerprint density at radius 2 is 1.88 bits per heavy atom. The van der Waals surface area contributed by atoms with E-state index >= 15 is 0 Å². The molecule has 1 saturated heterocycles. The van der Waals surface area contributed by atoms with Crippen LogP contribution in [-0.4, -0.2) is 76.4 Å². The van der Waals surface area contributed by atoms with Crippen molar-refractivity contribution in [3.63, 3.8) is 0 Å². The molecule has 0 atom stereocenters. The third kappa shape index (κ3) is 4.95. The van der Waals surface area contributed by atoms with E-state index in [0.29, 0.717) is 0 Å². The fourth-order valence-corrected chi connectivity index (χ4v) is 5.53. The molecule has 10 heteroatoms. The van der Waals surface area contributed by atoms with Crippen LogP contribution in [0.15, 0.2) is 73.1 Å². The molecule has 0 unspecified atom stereocenters. The number of nitrogens with two attached hydrogens (primary N) is 1. The summed E-state index contributed by atoms with van der Waals surface area (Å²) in [6.45, 7) is 3.16. The summed E-state index contributed by atoms with van der Waals surface area (Å²) in [4.78, 5) is 17.0. The number of fused-ring (bicyclic) bond motifs is 2. The Morgan fingerprint density at radius 1 is 1.00 bits per heavy atom. The fraction of sp³-hybridized carbons (Fsp3) is 0.219. The van der Waals surface area contributed by atoms with Crippen LogP contribution in [-0.2, 0) is 0 Å². The molecule has 0 amide bonds. The van der Waals surface area contributed by atoms with Gasteiger partial charge in [0.25, 0.3) is 0 Å². The van der Waals surface area contributed by atoms with E-state index in [1.807, 2.05) is 50.5 Å². The molecule has 5 N–H and O–H groups in total. The first kappa shape index (κ1) is 26.1. The predicted octanol–water partition coefficient (Wildman–Crippen LogP) is 5.10. The van der Waals surface area contributed by atoms with Crippen LogP contribution in [0.4, 0.5) is 15.9 Å². The van der Waals surface area contributed by atoms with Gasteiger partial charge in [-0.2, -0.15) is 5.10 Å². The van der Waals surface area contributed by atoms with Gasteiger partial charge in [0.1, 0.15) is 17.3 Å². The molecule has 0 bridgehead atoms. The molecule has 7 rings (SSSR count). The standard InChI is InChI=1S/C32H32FN9/c1-41(2)9-8-36-23-11-20(10-21(33)13-23)24-4-3-5-27-25(24)14-29(37-27)32-26-12-19(6-7-28(26)39-40-32)30-15-35-16-31(38-30)42-17-22(34)18-42/h3-7,10-16,22,36-37H,8-9,17-18,34H2,1-2H3,(H,39,40). The zero-order chi connectivity index (χ0) is 28.8. The average molecular weight is 562 g/mol. The van der Waals surface area contributed by atoms with Crippen LogP contribution in [0.3, 0.4) is 0 Å². The first-order valence-electron chi connectivity index (χ1n) is 14.0. The van der Waals surface area contributed by atoms with E-state index in [-0.39, 0.29) is 11.9 Å². The van der Waals surface area contributed by atoms with E-state index in [4.69, 9.17) is 10.7 Å². The summed E-state index contributed by atoms with van der Waals surface area (Å²) in [7, 11) is 4.03. The molecule has 1 aliphatic rings. The van der Waals surface area contributed by atoms with Crippen molar-refractivity contribution in [1.29, 1.82) is 0 Å². The third-order valence-corrected chi connectivity index (χ3v) is 7.73. The number of aromatic amines is 2. The quantitative estimate of drug-likeness (QED) is 0.205. The summed E-state index contributed by atoms with van der Waals surface area (Å²) in [5, 5.41) is 13.1. The van der Waals surface area contributed by atoms with Crippen LogP contribution in [0, 0.1) is 5.82 Å². The van der Waals surface area contributed by atoms with Gasteiger partial charge in [-0.1, -0.05) is 18.2 Å². The number of nitrogens with zero attached hydrogens (tertiary/aromatic N) is 5. The smallest absolute Gasteiger partial charge is 0.147 e. The van der Waals surface area contributed by atoms with Crippen molar-refractivity contribution in [2.45, 2.75) is 6.04 Å². The average Bonchev–Trinajstić information content (AvgIpc) is 3.59. The number of halogens is 1. The molecule has 6 aromatic rings. The third-order valence-electron chi connectivity index (χ3n) is 7.73. The Kier molecular flexibility index (Phi) is 6.56. The van der Waals surface area contributed by atoms with Gasteiger partial charge >= 0.3 is 0 Å². The van der Waals surface area contributed by atoms with Crippen molar-refractivity contribution in [3.8, 4) is 33.8 Å². The van der Waals surface area contributed by atoms with E-state index in [2.05, 4.69) is 47.4 Å². The Hall–Kier alpha value is -4.80.